The van der Waals surface area contributed by atoms with E-state index in [0.717, 1.165) is 12.8 Å². The van der Waals surface area contributed by atoms with Crippen molar-refractivity contribution in [3.05, 3.63) is 34.3 Å². The Labute approximate surface area is 128 Å². The first-order chi connectivity index (χ1) is 10.1. The Morgan fingerprint density at radius 2 is 2.38 bits per heavy atom. The van der Waals surface area contributed by atoms with Crippen molar-refractivity contribution in [2.45, 2.75) is 49.4 Å². The van der Waals surface area contributed by atoms with E-state index >= 15 is 0 Å². The predicted molar refractivity (Wildman–Crippen MR) is 84.4 cm³/mol. The number of thioether (sulfide) groups is 1. The number of hydrogen-bond donors (Lipinski definition) is 2. The van der Waals surface area contributed by atoms with Crippen LogP contribution >= 0.6 is 11.8 Å². The monoisotopic (exact) mass is 307 g/mol. The first-order valence-corrected chi connectivity index (χ1v) is 8.21. The molecule has 1 aromatic rings. The van der Waals surface area contributed by atoms with Gasteiger partial charge in [0.25, 0.3) is 5.56 Å². The standard InChI is InChI=1S/C15H21N3O2S/c1-11(21-15-17-10-8-13(19)18-15)14(20)16-9-7-12-5-3-2-4-6-12/h5,8,10-11H,2-4,6-7,9H2,1H3,(H,16,20)(H,17,18,19)/t11-/m0/s1. The van der Waals surface area contributed by atoms with Crippen LogP contribution in [-0.4, -0.2) is 27.7 Å². The third kappa shape index (κ3) is 5.38. The van der Waals surface area contributed by atoms with Gasteiger partial charge in [-0.3, -0.25) is 9.59 Å². The fourth-order valence-electron chi connectivity index (χ4n) is 2.25. The molecule has 0 saturated carbocycles. The molecule has 0 bridgehead atoms. The fourth-order valence-corrected chi connectivity index (χ4v) is 3.06. The van der Waals surface area contributed by atoms with Gasteiger partial charge in [-0.15, -0.1) is 0 Å². The maximum absolute atomic E-state index is 12.0. The first kappa shape index (κ1) is 15.8. The fraction of sp³-hybridized carbons (Fsp3) is 0.533. The van der Waals surface area contributed by atoms with Gasteiger partial charge in [-0.25, -0.2) is 4.98 Å². The SMILES string of the molecule is C[C@H](Sc1nccc(=O)[nH]1)C(=O)NCCC1=CCCCC1. The quantitative estimate of drug-likeness (QED) is 0.480. The van der Waals surface area contributed by atoms with Gasteiger partial charge in [0.15, 0.2) is 5.16 Å². The highest BCUT2D eigenvalue weighted by Gasteiger charge is 2.15. The lowest BCUT2D eigenvalue weighted by atomic mass is 9.97. The summed E-state index contributed by atoms with van der Waals surface area (Å²) in [6.45, 7) is 2.49. The van der Waals surface area contributed by atoms with Gasteiger partial charge in [-0.2, -0.15) is 0 Å². The van der Waals surface area contributed by atoms with Gasteiger partial charge in [0.05, 0.1) is 5.25 Å². The molecule has 0 radical (unpaired) electrons. The molecular formula is C15H21N3O2S. The largest absolute Gasteiger partial charge is 0.355 e. The minimum absolute atomic E-state index is 0.0251. The van der Waals surface area contributed by atoms with E-state index in [1.807, 2.05) is 6.92 Å². The number of nitrogens with one attached hydrogen (secondary N) is 2. The van der Waals surface area contributed by atoms with Crippen molar-refractivity contribution in [1.29, 1.82) is 0 Å². The first-order valence-electron chi connectivity index (χ1n) is 7.33. The number of hydrogen-bond acceptors (Lipinski definition) is 4. The van der Waals surface area contributed by atoms with E-state index in [9.17, 15) is 9.59 Å². The van der Waals surface area contributed by atoms with Crippen molar-refractivity contribution in [3.63, 3.8) is 0 Å². The van der Waals surface area contributed by atoms with Crippen molar-refractivity contribution in [2.75, 3.05) is 6.54 Å². The molecule has 6 heteroatoms. The molecule has 1 heterocycles. The Balaban J connectivity index is 1.74. The zero-order valence-electron chi connectivity index (χ0n) is 12.2. The maximum Gasteiger partial charge on any atom is 0.251 e. The van der Waals surface area contributed by atoms with Crippen molar-refractivity contribution in [3.8, 4) is 0 Å². The number of allylic oxidation sites excluding steroid dienone is 1. The molecule has 114 valence electrons. The van der Waals surface area contributed by atoms with Crippen LogP contribution < -0.4 is 10.9 Å². The summed E-state index contributed by atoms with van der Waals surface area (Å²) >= 11 is 1.26. The van der Waals surface area contributed by atoms with E-state index in [4.69, 9.17) is 0 Å². The molecule has 0 unspecified atom stereocenters. The number of carbonyl (C=O) groups excluding carboxylic acids is 1. The molecule has 1 amide bonds. The van der Waals surface area contributed by atoms with Crippen LogP contribution in [0.2, 0.25) is 0 Å². The summed E-state index contributed by atoms with van der Waals surface area (Å²) in [4.78, 5) is 29.8. The van der Waals surface area contributed by atoms with Gasteiger partial charge in [0.1, 0.15) is 0 Å². The molecule has 21 heavy (non-hydrogen) atoms. The van der Waals surface area contributed by atoms with Crippen LogP contribution in [0.5, 0.6) is 0 Å². The molecule has 0 aromatic carbocycles. The second-order valence-corrected chi connectivity index (χ2v) is 6.48. The Hall–Kier alpha value is -1.56. The molecule has 1 atom stereocenters. The minimum Gasteiger partial charge on any atom is -0.355 e. The van der Waals surface area contributed by atoms with Crippen LogP contribution in [0.25, 0.3) is 0 Å². The average molecular weight is 307 g/mol. The van der Waals surface area contributed by atoms with Crippen molar-refractivity contribution in [1.82, 2.24) is 15.3 Å². The highest BCUT2D eigenvalue weighted by Crippen LogP contribution is 2.20. The summed E-state index contributed by atoms with van der Waals surface area (Å²) < 4.78 is 0. The smallest absolute Gasteiger partial charge is 0.251 e. The molecule has 0 fully saturated rings. The van der Waals surface area contributed by atoms with Crippen LogP contribution in [0.1, 0.15) is 39.0 Å². The second kappa shape index (κ2) is 8.02. The normalized spacial score (nSPS) is 16.1. The van der Waals surface area contributed by atoms with Gasteiger partial charge in [-0.1, -0.05) is 23.4 Å². The molecule has 2 rings (SSSR count). The summed E-state index contributed by atoms with van der Waals surface area (Å²) in [5.74, 6) is -0.0251. The topological polar surface area (TPSA) is 74.8 Å². The zero-order chi connectivity index (χ0) is 15.1. The lowest BCUT2D eigenvalue weighted by Crippen LogP contribution is -2.32. The van der Waals surface area contributed by atoms with Crippen LogP contribution in [0.4, 0.5) is 0 Å². The Morgan fingerprint density at radius 3 is 3.10 bits per heavy atom. The van der Waals surface area contributed by atoms with Crippen LogP contribution in [0.3, 0.4) is 0 Å². The average Bonchev–Trinajstić information content (AvgIpc) is 2.48. The molecular weight excluding hydrogens is 286 g/mol. The number of aromatic amines is 1. The number of H-pyrrole nitrogens is 1. The second-order valence-electron chi connectivity index (χ2n) is 5.15. The molecule has 1 aliphatic carbocycles. The maximum atomic E-state index is 12.0. The lowest BCUT2D eigenvalue weighted by Gasteiger charge is -2.14. The van der Waals surface area contributed by atoms with E-state index in [-0.39, 0.29) is 16.7 Å². The minimum atomic E-state index is -0.282. The van der Waals surface area contributed by atoms with Crippen molar-refractivity contribution >= 4 is 17.7 Å². The summed E-state index contributed by atoms with van der Waals surface area (Å²) in [6, 6.07) is 1.35. The summed E-state index contributed by atoms with van der Waals surface area (Å²) in [5, 5.41) is 3.13. The molecule has 2 N–H and O–H groups in total. The van der Waals surface area contributed by atoms with E-state index in [2.05, 4.69) is 21.4 Å². The Kier molecular flexibility index (Phi) is 6.04. The summed E-state index contributed by atoms with van der Waals surface area (Å²) in [5.41, 5.74) is 1.25. The third-order valence-corrected chi connectivity index (χ3v) is 4.43. The molecule has 0 aliphatic heterocycles. The van der Waals surface area contributed by atoms with Gasteiger partial charge >= 0.3 is 0 Å². The molecule has 1 aromatic heterocycles. The highest BCUT2D eigenvalue weighted by molar-refractivity contribution is 8.00. The number of nitrogens with zero attached hydrogens (tertiary/aromatic N) is 1. The Bertz CT molecular complexity index is 568. The number of amides is 1. The third-order valence-electron chi connectivity index (χ3n) is 3.44. The van der Waals surface area contributed by atoms with E-state index in [1.165, 1.54) is 48.9 Å². The summed E-state index contributed by atoms with van der Waals surface area (Å²) in [7, 11) is 0. The van der Waals surface area contributed by atoms with Crippen LogP contribution in [0.15, 0.2) is 33.9 Å². The van der Waals surface area contributed by atoms with Crippen molar-refractivity contribution in [2.24, 2.45) is 0 Å². The van der Waals surface area contributed by atoms with Crippen molar-refractivity contribution < 1.29 is 4.79 Å². The predicted octanol–water partition coefficient (Wildman–Crippen LogP) is 2.26. The lowest BCUT2D eigenvalue weighted by molar-refractivity contribution is -0.120. The number of carbonyl (C=O) groups is 1. The van der Waals surface area contributed by atoms with Gasteiger partial charge < -0.3 is 10.3 Å². The molecule has 5 nitrogen and oxygen atoms in total. The zero-order valence-corrected chi connectivity index (χ0v) is 13.0. The molecule has 1 aliphatic rings. The van der Waals surface area contributed by atoms with E-state index in [0.29, 0.717) is 11.7 Å². The number of aromatic nitrogens is 2. The van der Waals surface area contributed by atoms with Crippen LogP contribution in [0, 0.1) is 0 Å². The van der Waals surface area contributed by atoms with Gasteiger partial charge in [0.2, 0.25) is 5.91 Å². The molecule has 0 spiro atoms. The van der Waals surface area contributed by atoms with Gasteiger partial charge in [-0.05, 0) is 39.0 Å². The Morgan fingerprint density at radius 1 is 1.52 bits per heavy atom. The van der Waals surface area contributed by atoms with Gasteiger partial charge in [0, 0.05) is 18.8 Å². The van der Waals surface area contributed by atoms with Crippen LogP contribution in [-0.2, 0) is 4.79 Å². The molecule has 0 saturated heterocycles. The van der Waals surface area contributed by atoms with E-state index in [1.54, 1.807) is 0 Å². The number of rotatable bonds is 6. The highest BCUT2D eigenvalue weighted by atomic mass is 32.2. The van der Waals surface area contributed by atoms with E-state index < -0.39 is 0 Å². The summed E-state index contributed by atoms with van der Waals surface area (Å²) in [6.07, 6.45) is 9.56.